The maximum atomic E-state index is 12.2. The van der Waals surface area contributed by atoms with Crippen LogP contribution in [0, 0.1) is 5.41 Å². The number of ether oxygens (including phenoxy) is 1. The fourth-order valence-electron chi connectivity index (χ4n) is 2.38. The highest BCUT2D eigenvalue weighted by atomic mass is 16.5. The molecular weight excluding hydrogens is 232 g/mol. The van der Waals surface area contributed by atoms with Gasteiger partial charge in [0, 0.05) is 24.5 Å². The first kappa shape index (κ1) is 13.0. The molecule has 6 heteroatoms. The molecule has 1 aromatic heterocycles. The van der Waals surface area contributed by atoms with Crippen LogP contribution >= 0.6 is 0 Å². The Balaban J connectivity index is 2.06. The Morgan fingerprint density at radius 2 is 2.44 bits per heavy atom. The molecule has 2 atom stereocenters. The monoisotopic (exact) mass is 252 g/mol. The van der Waals surface area contributed by atoms with E-state index in [0.717, 1.165) is 0 Å². The Morgan fingerprint density at radius 1 is 1.72 bits per heavy atom. The van der Waals surface area contributed by atoms with Crippen molar-refractivity contribution in [2.24, 2.45) is 11.1 Å². The molecule has 0 saturated heterocycles. The standard InChI is InChI=1S/C12H20N4O2/c1-4-18-8-7-12(13,11(8,2)3)10(17)15-9-5-6-14-16-9/h5-6,8H,4,7,13H2,1-3H3,(H2,14,15,16,17). The average molecular weight is 252 g/mol. The van der Waals surface area contributed by atoms with Gasteiger partial charge in [-0.3, -0.25) is 9.89 Å². The molecular formula is C12H20N4O2. The van der Waals surface area contributed by atoms with Gasteiger partial charge in [-0.1, -0.05) is 13.8 Å². The smallest absolute Gasteiger partial charge is 0.246 e. The lowest BCUT2D eigenvalue weighted by Crippen LogP contribution is -2.74. The van der Waals surface area contributed by atoms with E-state index in [1.165, 1.54) is 0 Å². The van der Waals surface area contributed by atoms with E-state index in [2.05, 4.69) is 15.5 Å². The van der Waals surface area contributed by atoms with Crippen molar-refractivity contribution in [2.75, 3.05) is 11.9 Å². The number of nitrogens with zero attached hydrogens (tertiary/aromatic N) is 1. The topological polar surface area (TPSA) is 93.0 Å². The van der Waals surface area contributed by atoms with Crippen LogP contribution in [-0.2, 0) is 9.53 Å². The number of aromatic amines is 1. The van der Waals surface area contributed by atoms with Gasteiger partial charge in [-0.25, -0.2) is 0 Å². The maximum Gasteiger partial charge on any atom is 0.246 e. The molecule has 1 aromatic rings. The lowest BCUT2D eigenvalue weighted by molar-refractivity contribution is -0.166. The predicted octanol–water partition coefficient (Wildman–Crippen LogP) is 0.881. The van der Waals surface area contributed by atoms with Crippen LogP contribution in [0.4, 0.5) is 5.82 Å². The number of amides is 1. The van der Waals surface area contributed by atoms with E-state index >= 15 is 0 Å². The molecule has 2 unspecified atom stereocenters. The summed E-state index contributed by atoms with van der Waals surface area (Å²) in [7, 11) is 0. The summed E-state index contributed by atoms with van der Waals surface area (Å²) in [6, 6.07) is 1.69. The third-order valence-corrected chi connectivity index (χ3v) is 3.98. The van der Waals surface area contributed by atoms with Gasteiger partial charge in [0.1, 0.15) is 11.4 Å². The van der Waals surface area contributed by atoms with Gasteiger partial charge in [-0.2, -0.15) is 5.10 Å². The first-order valence-corrected chi connectivity index (χ1v) is 6.13. The molecule has 1 saturated carbocycles. The molecule has 1 heterocycles. The number of anilines is 1. The molecule has 18 heavy (non-hydrogen) atoms. The summed E-state index contributed by atoms with van der Waals surface area (Å²) in [5.41, 5.74) is 4.95. The van der Waals surface area contributed by atoms with Gasteiger partial charge in [0.15, 0.2) is 0 Å². The molecule has 1 amide bonds. The second-order valence-corrected chi connectivity index (χ2v) is 5.27. The molecule has 4 N–H and O–H groups in total. The molecule has 0 spiro atoms. The van der Waals surface area contributed by atoms with Crippen molar-refractivity contribution in [1.29, 1.82) is 0 Å². The van der Waals surface area contributed by atoms with Crippen LogP contribution in [0.1, 0.15) is 27.2 Å². The highest BCUT2D eigenvalue weighted by Crippen LogP contribution is 2.50. The van der Waals surface area contributed by atoms with Gasteiger partial charge in [-0.15, -0.1) is 0 Å². The minimum Gasteiger partial charge on any atom is -0.378 e. The summed E-state index contributed by atoms with van der Waals surface area (Å²) >= 11 is 0. The van der Waals surface area contributed by atoms with Crippen LogP contribution in [0.3, 0.4) is 0 Å². The molecule has 0 aliphatic heterocycles. The zero-order chi connectivity index (χ0) is 13.4. The summed E-state index contributed by atoms with van der Waals surface area (Å²) in [5, 5.41) is 9.21. The zero-order valence-corrected chi connectivity index (χ0v) is 11.0. The minimum absolute atomic E-state index is 0.0278. The van der Waals surface area contributed by atoms with Crippen molar-refractivity contribution < 1.29 is 9.53 Å². The summed E-state index contributed by atoms with van der Waals surface area (Å²) in [6.07, 6.45) is 2.14. The van der Waals surface area contributed by atoms with E-state index in [0.29, 0.717) is 18.8 Å². The van der Waals surface area contributed by atoms with Crippen LogP contribution in [0.25, 0.3) is 0 Å². The largest absolute Gasteiger partial charge is 0.378 e. The molecule has 1 aliphatic rings. The zero-order valence-electron chi connectivity index (χ0n) is 11.0. The molecule has 6 nitrogen and oxygen atoms in total. The molecule has 1 fully saturated rings. The molecule has 2 rings (SSSR count). The predicted molar refractivity (Wildman–Crippen MR) is 67.9 cm³/mol. The lowest BCUT2D eigenvalue weighted by atomic mass is 9.54. The normalized spacial score (nSPS) is 29.7. The number of carbonyl (C=O) groups is 1. The highest BCUT2D eigenvalue weighted by Gasteiger charge is 2.62. The third kappa shape index (κ3) is 1.81. The minimum atomic E-state index is -0.905. The first-order chi connectivity index (χ1) is 8.41. The van der Waals surface area contributed by atoms with Crippen LogP contribution in [-0.4, -0.2) is 34.4 Å². The second-order valence-electron chi connectivity index (χ2n) is 5.27. The van der Waals surface area contributed by atoms with E-state index in [4.69, 9.17) is 10.5 Å². The highest BCUT2D eigenvalue weighted by molar-refractivity contribution is 5.99. The van der Waals surface area contributed by atoms with Crippen molar-refractivity contribution in [3.05, 3.63) is 12.3 Å². The third-order valence-electron chi connectivity index (χ3n) is 3.98. The number of nitrogens with two attached hydrogens (primary N) is 1. The van der Waals surface area contributed by atoms with Gasteiger partial charge >= 0.3 is 0 Å². The van der Waals surface area contributed by atoms with Crippen molar-refractivity contribution >= 4 is 11.7 Å². The van der Waals surface area contributed by atoms with E-state index in [9.17, 15) is 4.79 Å². The SMILES string of the molecule is CCOC1CC(N)(C(=O)Nc2ccn[nH]2)C1(C)C. The second kappa shape index (κ2) is 4.37. The van der Waals surface area contributed by atoms with E-state index in [1.807, 2.05) is 20.8 Å². The van der Waals surface area contributed by atoms with Crippen LogP contribution in [0.2, 0.25) is 0 Å². The number of H-pyrrole nitrogens is 1. The molecule has 1 aliphatic carbocycles. The van der Waals surface area contributed by atoms with E-state index < -0.39 is 5.54 Å². The van der Waals surface area contributed by atoms with Gasteiger partial charge in [0.25, 0.3) is 0 Å². The van der Waals surface area contributed by atoms with Crippen molar-refractivity contribution in [2.45, 2.75) is 38.8 Å². The van der Waals surface area contributed by atoms with Gasteiger partial charge in [0.05, 0.1) is 12.3 Å². The Kier molecular flexibility index (Phi) is 3.16. The Bertz CT molecular complexity index is 429. The Labute approximate surface area is 106 Å². The van der Waals surface area contributed by atoms with Crippen LogP contribution < -0.4 is 11.1 Å². The Morgan fingerprint density at radius 3 is 2.94 bits per heavy atom. The van der Waals surface area contributed by atoms with Crippen molar-refractivity contribution in [1.82, 2.24) is 10.2 Å². The molecule has 0 bridgehead atoms. The number of aromatic nitrogens is 2. The Hall–Kier alpha value is -1.40. The fourth-order valence-corrected chi connectivity index (χ4v) is 2.38. The average Bonchev–Trinajstić information content (AvgIpc) is 2.81. The van der Waals surface area contributed by atoms with Crippen molar-refractivity contribution in [3.8, 4) is 0 Å². The molecule has 0 radical (unpaired) electrons. The van der Waals surface area contributed by atoms with Gasteiger partial charge in [-0.05, 0) is 6.92 Å². The lowest BCUT2D eigenvalue weighted by Gasteiger charge is -2.57. The van der Waals surface area contributed by atoms with E-state index in [-0.39, 0.29) is 17.4 Å². The number of carbonyl (C=O) groups excluding carboxylic acids is 1. The summed E-state index contributed by atoms with van der Waals surface area (Å²) in [6.45, 7) is 6.50. The number of nitrogens with one attached hydrogen (secondary N) is 2. The van der Waals surface area contributed by atoms with E-state index in [1.54, 1.807) is 12.3 Å². The first-order valence-electron chi connectivity index (χ1n) is 6.13. The van der Waals surface area contributed by atoms with Crippen molar-refractivity contribution in [3.63, 3.8) is 0 Å². The summed E-state index contributed by atoms with van der Waals surface area (Å²) in [5.74, 6) is 0.355. The quantitative estimate of drug-likeness (QED) is 0.741. The summed E-state index contributed by atoms with van der Waals surface area (Å²) < 4.78 is 5.59. The number of rotatable bonds is 4. The van der Waals surface area contributed by atoms with Gasteiger partial charge < -0.3 is 15.8 Å². The van der Waals surface area contributed by atoms with Gasteiger partial charge in [0.2, 0.25) is 5.91 Å². The number of hydrogen-bond acceptors (Lipinski definition) is 4. The number of hydrogen-bond donors (Lipinski definition) is 3. The van der Waals surface area contributed by atoms with Crippen LogP contribution in [0.15, 0.2) is 12.3 Å². The fraction of sp³-hybridized carbons (Fsp3) is 0.667. The summed E-state index contributed by atoms with van der Waals surface area (Å²) in [4.78, 5) is 12.2. The van der Waals surface area contributed by atoms with Crippen LogP contribution in [0.5, 0.6) is 0 Å². The maximum absolute atomic E-state index is 12.2. The molecule has 0 aromatic carbocycles. The molecule has 100 valence electrons.